The molecule has 2 atom stereocenters. The molecule has 22 heavy (non-hydrogen) atoms. The predicted molar refractivity (Wildman–Crippen MR) is 78.7 cm³/mol. The lowest BCUT2D eigenvalue weighted by Gasteiger charge is -2.36. The van der Waals surface area contributed by atoms with Gasteiger partial charge in [-0.15, -0.1) is 0 Å². The first-order valence-corrected chi connectivity index (χ1v) is 7.10. The van der Waals surface area contributed by atoms with E-state index in [1.54, 1.807) is 6.92 Å². The van der Waals surface area contributed by atoms with Crippen LogP contribution in [0.3, 0.4) is 0 Å². The standard InChI is InChI=1S/C15H18N2O5/c1-9-5-6-16(13(7-9)15(19)20)14(18)12-8-11(17(21)22)4-3-10(12)2/h3-4,8-9,13H,5-7H2,1-2H3,(H,19,20). The van der Waals surface area contributed by atoms with Crippen molar-refractivity contribution < 1.29 is 19.6 Å². The number of carboxylic acid groups (broad SMARTS) is 1. The van der Waals surface area contributed by atoms with Crippen molar-refractivity contribution in [3.8, 4) is 0 Å². The number of likely N-dealkylation sites (tertiary alicyclic amines) is 1. The summed E-state index contributed by atoms with van der Waals surface area (Å²) in [5.41, 5.74) is 0.611. The number of aliphatic carboxylic acids is 1. The fraction of sp³-hybridized carbons (Fsp3) is 0.467. The van der Waals surface area contributed by atoms with Crippen LogP contribution in [0, 0.1) is 23.0 Å². The molecule has 0 aliphatic carbocycles. The molecule has 1 N–H and O–H groups in total. The molecule has 0 aromatic heterocycles. The molecule has 1 aromatic carbocycles. The minimum Gasteiger partial charge on any atom is -0.480 e. The van der Waals surface area contributed by atoms with Crippen LogP contribution in [0.5, 0.6) is 0 Å². The molecule has 7 heteroatoms. The summed E-state index contributed by atoms with van der Waals surface area (Å²) < 4.78 is 0. The lowest BCUT2D eigenvalue weighted by molar-refractivity contribution is -0.384. The molecule has 0 bridgehead atoms. The molecule has 118 valence electrons. The monoisotopic (exact) mass is 306 g/mol. The summed E-state index contributed by atoms with van der Waals surface area (Å²) in [6.07, 6.45) is 1.12. The largest absolute Gasteiger partial charge is 0.480 e. The van der Waals surface area contributed by atoms with Gasteiger partial charge in [0.1, 0.15) is 6.04 Å². The molecule has 1 aliphatic heterocycles. The van der Waals surface area contributed by atoms with Crippen molar-refractivity contribution in [1.82, 2.24) is 4.90 Å². The lowest BCUT2D eigenvalue weighted by atomic mass is 9.91. The molecule has 1 fully saturated rings. The molecule has 7 nitrogen and oxygen atoms in total. The van der Waals surface area contributed by atoms with Crippen LogP contribution in [-0.2, 0) is 4.79 Å². The Kier molecular flexibility index (Phi) is 4.44. The van der Waals surface area contributed by atoms with Crippen LogP contribution in [0.15, 0.2) is 18.2 Å². The number of carboxylic acids is 1. The highest BCUT2D eigenvalue weighted by Gasteiger charge is 2.35. The van der Waals surface area contributed by atoms with Gasteiger partial charge in [0, 0.05) is 24.2 Å². The Morgan fingerprint density at radius 1 is 1.41 bits per heavy atom. The molecule has 1 saturated heterocycles. The van der Waals surface area contributed by atoms with Crippen molar-refractivity contribution in [3.05, 3.63) is 39.4 Å². The van der Waals surface area contributed by atoms with Gasteiger partial charge in [-0.2, -0.15) is 0 Å². The van der Waals surface area contributed by atoms with E-state index < -0.39 is 22.8 Å². The van der Waals surface area contributed by atoms with E-state index in [0.29, 0.717) is 18.5 Å². The Labute approximate surface area is 127 Å². The van der Waals surface area contributed by atoms with Crippen LogP contribution in [0.2, 0.25) is 0 Å². The van der Waals surface area contributed by atoms with Crippen LogP contribution in [0.1, 0.15) is 35.7 Å². The van der Waals surface area contributed by atoms with E-state index >= 15 is 0 Å². The number of carbonyl (C=O) groups excluding carboxylic acids is 1. The average Bonchev–Trinajstić information content (AvgIpc) is 2.46. The molecular formula is C15H18N2O5. The van der Waals surface area contributed by atoms with Crippen molar-refractivity contribution >= 4 is 17.6 Å². The summed E-state index contributed by atoms with van der Waals surface area (Å²) in [4.78, 5) is 35.7. The van der Waals surface area contributed by atoms with E-state index in [2.05, 4.69) is 0 Å². The molecule has 2 unspecified atom stereocenters. The Hall–Kier alpha value is -2.44. The maximum atomic E-state index is 12.7. The van der Waals surface area contributed by atoms with Crippen LogP contribution >= 0.6 is 0 Å². The normalized spacial score (nSPS) is 21.5. The zero-order valence-electron chi connectivity index (χ0n) is 12.5. The number of nitro groups is 1. The number of nitro benzene ring substituents is 1. The average molecular weight is 306 g/mol. The first-order valence-electron chi connectivity index (χ1n) is 7.10. The third-order valence-corrected chi connectivity index (χ3v) is 4.07. The number of piperidine rings is 1. The first kappa shape index (κ1) is 15.9. The number of carbonyl (C=O) groups is 2. The van der Waals surface area contributed by atoms with Crippen LogP contribution in [-0.4, -0.2) is 39.4 Å². The van der Waals surface area contributed by atoms with Gasteiger partial charge in [-0.3, -0.25) is 14.9 Å². The Bertz CT molecular complexity index is 628. The van der Waals surface area contributed by atoms with Crippen molar-refractivity contribution in [2.75, 3.05) is 6.54 Å². The van der Waals surface area contributed by atoms with Crippen LogP contribution in [0.4, 0.5) is 5.69 Å². The minimum absolute atomic E-state index is 0.175. The number of hydrogen-bond acceptors (Lipinski definition) is 4. The highest BCUT2D eigenvalue weighted by molar-refractivity contribution is 5.98. The first-order chi connectivity index (χ1) is 10.3. The maximum Gasteiger partial charge on any atom is 0.326 e. The summed E-state index contributed by atoms with van der Waals surface area (Å²) in [7, 11) is 0. The lowest BCUT2D eigenvalue weighted by Crippen LogP contribution is -2.49. The summed E-state index contributed by atoms with van der Waals surface area (Å²) in [5.74, 6) is -1.26. The number of hydrogen-bond donors (Lipinski definition) is 1. The molecule has 0 spiro atoms. The maximum absolute atomic E-state index is 12.7. The fourth-order valence-electron chi connectivity index (χ4n) is 2.73. The summed E-state index contributed by atoms with van der Waals surface area (Å²) >= 11 is 0. The topological polar surface area (TPSA) is 101 Å². The molecule has 2 rings (SSSR count). The second-order valence-electron chi connectivity index (χ2n) is 5.74. The number of rotatable bonds is 3. The zero-order chi connectivity index (χ0) is 16.4. The molecular weight excluding hydrogens is 288 g/mol. The minimum atomic E-state index is -1.04. The van der Waals surface area contributed by atoms with Crippen molar-refractivity contribution in [2.24, 2.45) is 5.92 Å². The third kappa shape index (κ3) is 3.08. The van der Waals surface area contributed by atoms with Crippen molar-refractivity contribution in [2.45, 2.75) is 32.7 Å². The fourth-order valence-corrected chi connectivity index (χ4v) is 2.73. The third-order valence-electron chi connectivity index (χ3n) is 4.07. The summed E-state index contributed by atoms with van der Waals surface area (Å²) in [6, 6.07) is 3.18. The second kappa shape index (κ2) is 6.13. The molecule has 1 heterocycles. The van der Waals surface area contributed by atoms with Gasteiger partial charge in [0.2, 0.25) is 0 Å². The van der Waals surface area contributed by atoms with E-state index in [4.69, 9.17) is 0 Å². The summed E-state index contributed by atoms with van der Waals surface area (Å²) in [6.45, 7) is 3.98. The number of nitrogens with zero attached hydrogens (tertiary/aromatic N) is 2. The van der Waals surface area contributed by atoms with E-state index in [1.165, 1.54) is 23.1 Å². The highest BCUT2D eigenvalue weighted by Crippen LogP contribution is 2.26. The van der Waals surface area contributed by atoms with E-state index in [9.17, 15) is 24.8 Å². The second-order valence-corrected chi connectivity index (χ2v) is 5.74. The SMILES string of the molecule is Cc1ccc([N+](=O)[O-])cc1C(=O)N1CCC(C)CC1C(=O)O. The van der Waals surface area contributed by atoms with E-state index in [0.717, 1.165) is 6.42 Å². The van der Waals surface area contributed by atoms with Gasteiger partial charge in [-0.1, -0.05) is 13.0 Å². The van der Waals surface area contributed by atoms with Gasteiger partial charge < -0.3 is 10.0 Å². The smallest absolute Gasteiger partial charge is 0.326 e. The van der Waals surface area contributed by atoms with Gasteiger partial charge in [0.05, 0.1) is 4.92 Å². The molecule has 1 aliphatic rings. The van der Waals surface area contributed by atoms with Crippen LogP contribution < -0.4 is 0 Å². The number of aryl methyl sites for hydroxylation is 1. The van der Waals surface area contributed by atoms with Gasteiger partial charge in [0.25, 0.3) is 11.6 Å². The van der Waals surface area contributed by atoms with E-state index in [-0.39, 0.29) is 17.2 Å². The Morgan fingerprint density at radius 2 is 2.09 bits per heavy atom. The molecule has 1 amide bonds. The van der Waals surface area contributed by atoms with Gasteiger partial charge in [-0.05, 0) is 31.2 Å². The van der Waals surface area contributed by atoms with Crippen molar-refractivity contribution in [1.29, 1.82) is 0 Å². The predicted octanol–water partition coefficient (Wildman–Crippen LogP) is 2.23. The Morgan fingerprint density at radius 3 is 2.68 bits per heavy atom. The molecule has 1 aromatic rings. The molecule has 0 radical (unpaired) electrons. The van der Waals surface area contributed by atoms with Gasteiger partial charge >= 0.3 is 5.97 Å². The van der Waals surface area contributed by atoms with Gasteiger partial charge in [-0.25, -0.2) is 4.79 Å². The summed E-state index contributed by atoms with van der Waals surface area (Å²) in [5, 5.41) is 20.2. The van der Waals surface area contributed by atoms with E-state index in [1.807, 2.05) is 6.92 Å². The number of benzene rings is 1. The zero-order valence-corrected chi connectivity index (χ0v) is 12.5. The highest BCUT2D eigenvalue weighted by atomic mass is 16.6. The van der Waals surface area contributed by atoms with Gasteiger partial charge in [0.15, 0.2) is 0 Å². The Balaban J connectivity index is 2.36. The van der Waals surface area contributed by atoms with Crippen molar-refractivity contribution in [3.63, 3.8) is 0 Å². The number of non-ortho nitro benzene ring substituents is 1. The molecule has 0 saturated carbocycles. The quantitative estimate of drug-likeness (QED) is 0.681. The number of amides is 1. The van der Waals surface area contributed by atoms with Crippen LogP contribution in [0.25, 0.3) is 0 Å².